The van der Waals surface area contributed by atoms with E-state index in [0.717, 1.165) is 24.9 Å². The van der Waals surface area contributed by atoms with Crippen molar-refractivity contribution >= 4 is 0 Å². The minimum atomic E-state index is -0.179. The van der Waals surface area contributed by atoms with Crippen molar-refractivity contribution in [3.63, 3.8) is 0 Å². The third kappa shape index (κ3) is 4.99. The zero-order chi connectivity index (χ0) is 11.8. The van der Waals surface area contributed by atoms with Crippen LogP contribution in [0.3, 0.4) is 0 Å². The van der Waals surface area contributed by atoms with Crippen LogP contribution in [0.2, 0.25) is 0 Å². The molecule has 0 aliphatic heterocycles. The summed E-state index contributed by atoms with van der Waals surface area (Å²) >= 11 is 0. The van der Waals surface area contributed by atoms with E-state index in [4.69, 9.17) is 10.00 Å². The van der Waals surface area contributed by atoms with Crippen LogP contribution in [0.4, 0.5) is 0 Å². The Morgan fingerprint density at radius 3 is 2.69 bits per heavy atom. The Hall–Kier alpha value is -0.550. The average molecular weight is 223 g/mol. The molecular formula is C14H25NO. The second-order valence-corrected chi connectivity index (χ2v) is 4.96. The Morgan fingerprint density at radius 1 is 1.25 bits per heavy atom. The third-order valence-corrected chi connectivity index (χ3v) is 3.52. The van der Waals surface area contributed by atoms with E-state index in [0.29, 0.717) is 0 Å². The number of nitrogens with zero attached hydrogens (tertiary/aromatic N) is 1. The molecule has 3 unspecified atom stereocenters. The molecule has 1 aliphatic rings. The van der Waals surface area contributed by atoms with E-state index in [-0.39, 0.29) is 6.10 Å². The molecule has 0 radical (unpaired) electrons. The van der Waals surface area contributed by atoms with Gasteiger partial charge in [-0.05, 0) is 24.7 Å². The maximum absolute atomic E-state index is 8.75. The summed E-state index contributed by atoms with van der Waals surface area (Å²) in [4.78, 5) is 0. The molecule has 0 aromatic carbocycles. The van der Waals surface area contributed by atoms with Crippen LogP contribution in [0.15, 0.2) is 0 Å². The number of hydrogen-bond donors (Lipinski definition) is 0. The maximum Gasteiger partial charge on any atom is 0.143 e. The number of nitriles is 1. The lowest BCUT2D eigenvalue weighted by atomic mass is 10.1. The van der Waals surface area contributed by atoms with Gasteiger partial charge < -0.3 is 4.74 Å². The highest BCUT2D eigenvalue weighted by Gasteiger charge is 2.36. The second kappa shape index (κ2) is 7.68. The van der Waals surface area contributed by atoms with Crippen LogP contribution in [0.5, 0.6) is 0 Å². The van der Waals surface area contributed by atoms with Crippen molar-refractivity contribution in [3.05, 3.63) is 0 Å². The lowest BCUT2D eigenvalue weighted by Gasteiger charge is -2.07. The van der Waals surface area contributed by atoms with Crippen LogP contribution in [-0.4, -0.2) is 12.7 Å². The van der Waals surface area contributed by atoms with Gasteiger partial charge in [0.2, 0.25) is 0 Å². The number of hydrogen-bond acceptors (Lipinski definition) is 2. The van der Waals surface area contributed by atoms with Crippen molar-refractivity contribution in [2.24, 2.45) is 11.8 Å². The van der Waals surface area contributed by atoms with Gasteiger partial charge >= 0.3 is 0 Å². The van der Waals surface area contributed by atoms with Crippen LogP contribution in [-0.2, 0) is 4.74 Å². The molecule has 0 aromatic rings. The van der Waals surface area contributed by atoms with Gasteiger partial charge in [-0.15, -0.1) is 0 Å². The van der Waals surface area contributed by atoms with Gasteiger partial charge in [-0.3, -0.25) is 0 Å². The first-order valence-corrected chi connectivity index (χ1v) is 6.83. The van der Waals surface area contributed by atoms with Crippen molar-refractivity contribution in [1.29, 1.82) is 5.26 Å². The van der Waals surface area contributed by atoms with Crippen LogP contribution >= 0.6 is 0 Å². The molecule has 92 valence electrons. The summed E-state index contributed by atoms with van der Waals surface area (Å²) in [5, 5.41) is 8.75. The van der Waals surface area contributed by atoms with Gasteiger partial charge in [-0.1, -0.05) is 46.0 Å². The van der Waals surface area contributed by atoms with Crippen LogP contribution in [0, 0.1) is 23.2 Å². The fourth-order valence-electron chi connectivity index (χ4n) is 2.19. The fraction of sp³-hybridized carbons (Fsp3) is 0.929. The Balaban J connectivity index is 1.96. The highest BCUT2D eigenvalue weighted by atomic mass is 16.5. The molecule has 2 nitrogen and oxygen atoms in total. The normalized spacial score (nSPS) is 25.1. The average Bonchev–Trinajstić information content (AvgIpc) is 3.05. The first kappa shape index (κ1) is 13.5. The van der Waals surface area contributed by atoms with Crippen LogP contribution in [0.25, 0.3) is 0 Å². The van der Waals surface area contributed by atoms with Crippen molar-refractivity contribution in [2.45, 2.75) is 64.9 Å². The van der Waals surface area contributed by atoms with Crippen molar-refractivity contribution in [2.75, 3.05) is 6.61 Å². The zero-order valence-electron chi connectivity index (χ0n) is 10.7. The number of ether oxygens (including phenoxy) is 1. The molecule has 0 bridgehead atoms. The first-order valence-electron chi connectivity index (χ1n) is 6.83. The number of unbranched alkanes of at least 4 members (excludes halogenated alkanes) is 3. The van der Waals surface area contributed by atoms with E-state index in [1.165, 1.54) is 38.5 Å². The predicted molar refractivity (Wildman–Crippen MR) is 66.0 cm³/mol. The first-order chi connectivity index (χ1) is 7.81. The van der Waals surface area contributed by atoms with Crippen molar-refractivity contribution < 1.29 is 4.74 Å². The summed E-state index contributed by atoms with van der Waals surface area (Å²) < 4.78 is 5.56. The Labute approximate surface area is 100.0 Å². The van der Waals surface area contributed by atoms with E-state index in [2.05, 4.69) is 13.0 Å². The summed E-state index contributed by atoms with van der Waals surface area (Å²) in [6, 6.07) is 2.19. The van der Waals surface area contributed by atoms with Crippen LogP contribution in [0.1, 0.15) is 58.8 Å². The van der Waals surface area contributed by atoms with Gasteiger partial charge in [0.25, 0.3) is 0 Å². The van der Waals surface area contributed by atoms with E-state index >= 15 is 0 Å². The van der Waals surface area contributed by atoms with Gasteiger partial charge in [-0.25, -0.2) is 0 Å². The Morgan fingerprint density at radius 2 is 2.06 bits per heavy atom. The molecule has 1 fully saturated rings. The largest absolute Gasteiger partial charge is 0.363 e. The van der Waals surface area contributed by atoms with E-state index in [1.807, 2.05) is 6.92 Å². The van der Waals surface area contributed by atoms with Gasteiger partial charge in [0.1, 0.15) is 6.10 Å². The monoisotopic (exact) mass is 223 g/mol. The van der Waals surface area contributed by atoms with Crippen molar-refractivity contribution in [3.8, 4) is 6.07 Å². The summed E-state index contributed by atoms with van der Waals surface area (Å²) in [5.74, 6) is 1.65. The maximum atomic E-state index is 8.75. The summed E-state index contributed by atoms with van der Waals surface area (Å²) in [7, 11) is 0. The van der Waals surface area contributed by atoms with Gasteiger partial charge in [-0.2, -0.15) is 5.26 Å². The van der Waals surface area contributed by atoms with Gasteiger partial charge in [0.05, 0.1) is 12.7 Å². The molecule has 1 rings (SSSR count). The standard InChI is InChI=1S/C14H25NO/c1-3-5-6-7-8-12-9-13(12)11-16-14(4-2)10-15/h12-14H,3-9,11H2,1-2H3. The fourth-order valence-corrected chi connectivity index (χ4v) is 2.19. The minimum Gasteiger partial charge on any atom is -0.363 e. The molecule has 0 amide bonds. The molecule has 1 aliphatic carbocycles. The topological polar surface area (TPSA) is 33.0 Å². The molecule has 0 spiro atoms. The zero-order valence-corrected chi connectivity index (χ0v) is 10.7. The predicted octanol–water partition coefficient (Wildman–Crippen LogP) is 3.91. The van der Waals surface area contributed by atoms with E-state index < -0.39 is 0 Å². The van der Waals surface area contributed by atoms with Gasteiger partial charge in [0.15, 0.2) is 0 Å². The summed E-state index contributed by atoms with van der Waals surface area (Å²) in [5.41, 5.74) is 0. The lowest BCUT2D eigenvalue weighted by molar-refractivity contribution is 0.0761. The molecule has 2 heteroatoms. The molecule has 16 heavy (non-hydrogen) atoms. The highest BCUT2D eigenvalue weighted by molar-refractivity contribution is 4.88. The van der Waals surface area contributed by atoms with E-state index in [9.17, 15) is 0 Å². The minimum absolute atomic E-state index is 0.179. The molecular weight excluding hydrogens is 198 g/mol. The van der Waals surface area contributed by atoms with Gasteiger partial charge in [0, 0.05) is 0 Å². The highest BCUT2D eigenvalue weighted by Crippen LogP contribution is 2.42. The number of rotatable bonds is 9. The summed E-state index contributed by atoms with van der Waals surface area (Å²) in [6.07, 6.45) is 8.79. The Kier molecular flexibility index (Phi) is 6.49. The Bertz CT molecular complexity index is 221. The molecule has 0 N–H and O–H groups in total. The molecule has 0 heterocycles. The van der Waals surface area contributed by atoms with Crippen molar-refractivity contribution in [1.82, 2.24) is 0 Å². The molecule has 3 atom stereocenters. The quantitative estimate of drug-likeness (QED) is 0.555. The van der Waals surface area contributed by atoms with Crippen LogP contribution < -0.4 is 0 Å². The SMILES string of the molecule is CCCCCCC1CC1COC(C#N)CC. The molecule has 0 saturated heterocycles. The lowest BCUT2D eigenvalue weighted by Crippen LogP contribution is -2.11. The second-order valence-electron chi connectivity index (χ2n) is 4.96. The molecule has 0 aromatic heterocycles. The third-order valence-electron chi connectivity index (χ3n) is 3.52. The van der Waals surface area contributed by atoms with E-state index in [1.54, 1.807) is 0 Å². The summed E-state index contributed by atoms with van der Waals surface area (Å²) in [6.45, 7) is 5.06. The molecule has 1 saturated carbocycles. The smallest absolute Gasteiger partial charge is 0.143 e.